The van der Waals surface area contributed by atoms with Gasteiger partial charge in [-0.1, -0.05) is 80.0 Å². The maximum absolute atomic E-state index is 12.1. The van der Waals surface area contributed by atoms with Crippen LogP contribution in [0.2, 0.25) is 0 Å². The molecule has 2 aromatic heterocycles. The van der Waals surface area contributed by atoms with E-state index in [-0.39, 0.29) is 11.4 Å². The second-order valence-electron chi connectivity index (χ2n) is 3.32. The lowest BCUT2D eigenvalue weighted by Gasteiger charge is -2.16. The predicted molar refractivity (Wildman–Crippen MR) is 74.7 cm³/mol. The van der Waals surface area contributed by atoms with Crippen molar-refractivity contribution >= 4 is 75.6 Å². The minimum atomic E-state index is -2.10. The Bertz CT molecular complexity index is 625. The van der Waals surface area contributed by atoms with Crippen LogP contribution in [0.4, 0.5) is 4.79 Å². The minimum Gasteiger partial charge on any atom is -0.243 e. The topological polar surface area (TPSA) is 78.5 Å². The van der Waals surface area contributed by atoms with Gasteiger partial charge < -0.3 is 0 Å². The Kier molecular flexibility index (Phi) is 4.40. The minimum absolute atomic E-state index is 0.282. The van der Waals surface area contributed by atoms with E-state index in [1.807, 2.05) is 0 Å². The molecule has 20 heavy (non-hydrogen) atoms. The van der Waals surface area contributed by atoms with E-state index in [0.717, 1.165) is 4.68 Å². The van der Waals surface area contributed by atoms with E-state index in [1.54, 1.807) is 0 Å². The van der Waals surface area contributed by atoms with Crippen molar-refractivity contribution in [2.75, 3.05) is 0 Å². The van der Waals surface area contributed by atoms with E-state index in [9.17, 15) is 4.79 Å². The van der Waals surface area contributed by atoms with Gasteiger partial charge in [0, 0.05) is 0 Å². The molecule has 0 unspecified atom stereocenters. The van der Waals surface area contributed by atoms with Crippen LogP contribution in [0.3, 0.4) is 0 Å². The highest BCUT2D eigenvalue weighted by Crippen LogP contribution is 2.46. The van der Waals surface area contributed by atoms with Crippen LogP contribution in [0.15, 0.2) is 12.4 Å². The molecule has 0 aliphatic heterocycles. The molecule has 0 radical (unpaired) electrons. The molecule has 0 saturated carbocycles. The van der Waals surface area contributed by atoms with Gasteiger partial charge >= 0.3 is 6.03 Å². The smallest absolute Gasteiger partial charge is 0.243 e. The van der Waals surface area contributed by atoms with Gasteiger partial charge in [0.05, 0.1) is 12.4 Å². The molecule has 108 valence electrons. The molecule has 0 atom stereocenters. The van der Waals surface area contributed by atoms with Crippen LogP contribution < -0.4 is 0 Å². The predicted octanol–water partition coefficient (Wildman–Crippen LogP) is 3.04. The molecule has 7 nitrogen and oxygen atoms in total. The van der Waals surface area contributed by atoms with Crippen LogP contribution in [0, 0.1) is 0 Å². The first-order valence-corrected chi connectivity index (χ1v) is 6.90. The van der Waals surface area contributed by atoms with Crippen LogP contribution in [-0.2, 0) is 7.59 Å². The lowest BCUT2D eigenvalue weighted by Crippen LogP contribution is -2.27. The zero-order chi connectivity index (χ0) is 15.1. The Morgan fingerprint density at radius 1 is 1.05 bits per heavy atom. The third-order valence-electron chi connectivity index (χ3n) is 2.01. The summed E-state index contributed by atoms with van der Waals surface area (Å²) in [6.07, 6.45) is 2.54. The molecule has 0 saturated heterocycles. The quantitative estimate of drug-likeness (QED) is 0.637. The van der Waals surface area contributed by atoms with Gasteiger partial charge in [-0.2, -0.15) is 9.36 Å². The standard InChI is InChI=1S/C7H2Cl6N6O/c8-6(9,10)3-4(7(11,12)13)19(17-15-3)5(20)18-2-1-14-16-18/h1-2H. The van der Waals surface area contributed by atoms with Gasteiger partial charge in [0.25, 0.3) is 0 Å². The normalized spacial score (nSPS) is 12.7. The van der Waals surface area contributed by atoms with Crippen molar-refractivity contribution in [2.45, 2.75) is 7.59 Å². The van der Waals surface area contributed by atoms with Crippen LogP contribution in [0.5, 0.6) is 0 Å². The molecule has 0 aromatic carbocycles. The highest BCUT2D eigenvalue weighted by atomic mass is 35.6. The van der Waals surface area contributed by atoms with E-state index in [4.69, 9.17) is 69.6 Å². The van der Waals surface area contributed by atoms with Crippen LogP contribution in [0.1, 0.15) is 11.4 Å². The van der Waals surface area contributed by atoms with Crippen molar-refractivity contribution < 1.29 is 4.79 Å². The largest absolute Gasteiger partial charge is 0.372 e. The highest BCUT2D eigenvalue weighted by Gasteiger charge is 2.42. The molecule has 0 aliphatic rings. The summed E-state index contributed by atoms with van der Waals surface area (Å²) in [5.41, 5.74) is -0.584. The molecule has 13 heteroatoms. The number of aromatic nitrogens is 6. The number of nitrogens with zero attached hydrogens (tertiary/aromatic N) is 6. The summed E-state index contributed by atoms with van der Waals surface area (Å²) in [6, 6.07) is -0.808. The zero-order valence-electron chi connectivity index (χ0n) is 9.01. The molecular weight excluding hydrogens is 397 g/mol. The zero-order valence-corrected chi connectivity index (χ0v) is 13.5. The maximum atomic E-state index is 12.1. The van der Waals surface area contributed by atoms with Gasteiger partial charge in [0.1, 0.15) is 11.4 Å². The average Bonchev–Trinajstić information content (AvgIpc) is 2.95. The summed E-state index contributed by atoms with van der Waals surface area (Å²) in [4.78, 5) is 12.1. The van der Waals surface area contributed by atoms with Gasteiger partial charge in [0.15, 0.2) is 0 Å². The monoisotopic (exact) mass is 396 g/mol. The number of rotatable bonds is 0. The summed E-state index contributed by atoms with van der Waals surface area (Å²) in [5.74, 6) is 0. The second kappa shape index (κ2) is 5.47. The number of halogens is 6. The first kappa shape index (κ1) is 16.1. The second-order valence-corrected chi connectivity index (χ2v) is 7.89. The maximum Gasteiger partial charge on any atom is 0.372 e. The van der Waals surface area contributed by atoms with Crippen LogP contribution >= 0.6 is 69.6 Å². The summed E-state index contributed by atoms with van der Waals surface area (Å²) in [7, 11) is 0. The van der Waals surface area contributed by atoms with E-state index in [1.165, 1.54) is 12.4 Å². The SMILES string of the molecule is O=C(n1ccnn1)n1nnc(C(Cl)(Cl)Cl)c1C(Cl)(Cl)Cl. The molecule has 0 N–H and O–H groups in total. The molecule has 0 aliphatic carbocycles. The van der Waals surface area contributed by atoms with E-state index in [2.05, 4.69) is 20.6 Å². The Labute approximate surface area is 141 Å². The molecule has 2 heterocycles. The fraction of sp³-hybridized carbons (Fsp3) is 0.286. The summed E-state index contributed by atoms with van der Waals surface area (Å²) >= 11 is 34.5. The summed E-state index contributed by atoms with van der Waals surface area (Å²) < 4.78 is -2.62. The number of carbonyl (C=O) groups excluding carboxylic acids is 1. The molecule has 0 amide bonds. The molecule has 0 fully saturated rings. The third-order valence-corrected chi connectivity index (χ3v) is 3.08. The lowest BCUT2D eigenvalue weighted by molar-refractivity contribution is 0.236. The summed E-state index contributed by atoms with van der Waals surface area (Å²) in [6.45, 7) is 0. The molecular formula is C7H2Cl6N6O. The fourth-order valence-electron chi connectivity index (χ4n) is 1.27. The first-order chi connectivity index (χ1) is 9.12. The number of hydrogen-bond donors (Lipinski definition) is 0. The molecule has 2 rings (SSSR count). The van der Waals surface area contributed by atoms with E-state index in [0.29, 0.717) is 4.68 Å². The molecule has 0 spiro atoms. The Morgan fingerprint density at radius 2 is 1.70 bits per heavy atom. The average molecular weight is 399 g/mol. The van der Waals surface area contributed by atoms with Gasteiger partial charge in [0.2, 0.25) is 7.59 Å². The lowest BCUT2D eigenvalue weighted by atomic mass is 10.3. The van der Waals surface area contributed by atoms with E-state index >= 15 is 0 Å². The van der Waals surface area contributed by atoms with Crippen molar-refractivity contribution in [3.63, 3.8) is 0 Å². The van der Waals surface area contributed by atoms with Crippen molar-refractivity contribution in [2.24, 2.45) is 0 Å². The molecule has 2 aromatic rings. The Balaban J connectivity index is 2.61. The van der Waals surface area contributed by atoms with Crippen LogP contribution in [0.25, 0.3) is 0 Å². The fourth-order valence-corrected chi connectivity index (χ4v) is 2.16. The van der Waals surface area contributed by atoms with Crippen LogP contribution in [-0.4, -0.2) is 36.0 Å². The number of hydrogen-bond acceptors (Lipinski definition) is 5. The van der Waals surface area contributed by atoms with Crippen molar-refractivity contribution in [1.82, 2.24) is 30.0 Å². The van der Waals surface area contributed by atoms with Gasteiger partial charge in [-0.05, 0) is 0 Å². The Hall–Kier alpha value is -0.310. The van der Waals surface area contributed by atoms with Crippen molar-refractivity contribution in [3.8, 4) is 0 Å². The third kappa shape index (κ3) is 3.13. The van der Waals surface area contributed by atoms with E-state index < -0.39 is 13.6 Å². The van der Waals surface area contributed by atoms with Crippen molar-refractivity contribution in [3.05, 3.63) is 23.8 Å². The molecule has 0 bridgehead atoms. The van der Waals surface area contributed by atoms with Gasteiger partial charge in [-0.3, -0.25) is 0 Å². The number of alkyl halides is 6. The number of carbonyl (C=O) groups is 1. The highest BCUT2D eigenvalue weighted by molar-refractivity contribution is 6.68. The van der Waals surface area contributed by atoms with Gasteiger partial charge in [-0.25, -0.2) is 4.79 Å². The summed E-state index contributed by atoms with van der Waals surface area (Å²) in [5, 5.41) is 14.1. The Morgan fingerprint density at radius 3 is 2.15 bits per heavy atom. The van der Waals surface area contributed by atoms with Gasteiger partial charge in [-0.15, -0.1) is 10.2 Å². The van der Waals surface area contributed by atoms with Crippen molar-refractivity contribution in [1.29, 1.82) is 0 Å². The first-order valence-electron chi connectivity index (χ1n) is 4.63.